The third-order valence-corrected chi connectivity index (χ3v) is 3.48. The molecule has 0 aromatic heterocycles. The van der Waals surface area contributed by atoms with Crippen molar-refractivity contribution in [2.45, 2.75) is 51.9 Å². The van der Waals surface area contributed by atoms with E-state index >= 15 is 0 Å². The van der Waals surface area contributed by atoms with E-state index in [1.807, 2.05) is 0 Å². The molecular formula is C12H29N3. The molecule has 0 heterocycles. The molecule has 0 radical (unpaired) electrons. The van der Waals surface area contributed by atoms with Crippen molar-refractivity contribution in [3.63, 3.8) is 0 Å². The van der Waals surface area contributed by atoms with Crippen molar-refractivity contribution in [1.82, 2.24) is 0 Å². The number of hydrogen-bond donors (Lipinski definition) is 3. The van der Waals surface area contributed by atoms with Gasteiger partial charge in [-0.05, 0) is 63.6 Å². The molecule has 3 nitrogen and oxygen atoms in total. The predicted octanol–water partition coefficient (Wildman–Crippen LogP) is 1.60. The van der Waals surface area contributed by atoms with Crippen LogP contribution < -0.4 is 17.2 Å². The van der Waals surface area contributed by atoms with Crippen LogP contribution >= 0.6 is 0 Å². The molecular weight excluding hydrogens is 186 g/mol. The molecule has 0 unspecified atom stereocenters. The molecule has 0 amide bonds. The number of nitrogens with two attached hydrogens (primary N) is 3. The minimum absolute atomic E-state index is 0.456. The third-order valence-electron chi connectivity index (χ3n) is 3.48. The molecule has 92 valence electrons. The molecule has 3 heteroatoms. The maximum atomic E-state index is 5.60. The van der Waals surface area contributed by atoms with Crippen LogP contribution in [0.15, 0.2) is 0 Å². The molecule has 0 aliphatic carbocycles. The highest BCUT2D eigenvalue weighted by atomic mass is 14.5. The topological polar surface area (TPSA) is 78.1 Å². The van der Waals surface area contributed by atoms with Gasteiger partial charge in [0.25, 0.3) is 0 Å². The van der Waals surface area contributed by atoms with Crippen LogP contribution in [-0.4, -0.2) is 19.6 Å². The molecule has 0 saturated carbocycles. The second-order valence-corrected chi connectivity index (χ2v) is 4.53. The SMILES string of the molecule is CCC(CCCN)(CCCN)CCCN. The maximum Gasteiger partial charge on any atom is -0.00771 e. The first-order chi connectivity index (χ1) is 7.24. The Hall–Kier alpha value is -0.120. The normalized spacial score (nSPS) is 12.0. The molecule has 6 N–H and O–H groups in total. The van der Waals surface area contributed by atoms with Gasteiger partial charge >= 0.3 is 0 Å². The predicted molar refractivity (Wildman–Crippen MR) is 67.6 cm³/mol. The summed E-state index contributed by atoms with van der Waals surface area (Å²) in [5.41, 5.74) is 17.3. The fourth-order valence-electron chi connectivity index (χ4n) is 2.34. The van der Waals surface area contributed by atoms with E-state index in [1.54, 1.807) is 0 Å². The fourth-order valence-corrected chi connectivity index (χ4v) is 2.34. The summed E-state index contributed by atoms with van der Waals surface area (Å²) >= 11 is 0. The molecule has 0 rings (SSSR count). The van der Waals surface area contributed by atoms with Gasteiger partial charge in [0.05, 0.1) is 0 Å². The second-order valence-electron chi connectivity index (χ2n) is 4.53. The summed E-state index contributed by atoms with van der Waals surface area (Å²) in [6.45, 7) is 4.68. The van der Waals surface area contributed by atoms with Gasteiger partial charge in [-0.1, -0.05) is 13.3 Å². The van der Waals surface area contributed by atoms with Gasteiger partial charge in [0.2, 0.25) is 0 Å². The smallest absolute Gasteiger partial charge is 0.00771 e. The zero-order valence-corrected chi connectivity index (χ0v) is 10.3. The lowest BCUT2D eigenvalue weighted by Crippen LogP contribution is -2.24. The average Bonchev–Trinajstić information content (AvgIpc) is 2.29. The molecule has 0 bridgehead atoms. The molecule has 0 aliphatic rings. The minimum atomic E-state index is 0.456. The van der Waals surface area contributed by atoms with E-state index in [0.29, 0.717) is 5.41 Å². The standard InChI is InChI=1S/C12H29N3/c1-2-12(6-3-9-13,7-4-10-14)8-5-11-15/h2-11,13-15H2,1H3. The largest absolute Gasteiger partial charge is 0.330 e. The van der Waals surface area contributed by atoms with E-state index in [9.17, 15) is 0 Å². The maximum absolute atomic E-state index is 5.60. The lowest BCUT2D eigenvalue weighted by atomic mass is 9.73. The van der Waals surface area contributed by atoms with Gasteiger partial charge in [0, 0.05) is 0 Å². The van der Waals surface area contributed by atoms with Gasteiger partial charge in [-0.25, -0.2) is 0 Å². The quantitative estimate of drug-likeness (QED) is 0.518. The molecule has 0 aromatic rings. The van der Waals surface area contributed by atoms with Gasteiger partial charge in [-0.15, -0.1) is 0 Å². The van der Waals surface area contributed by atoms with Gasteiger partial charge in [0.15, 0.2) is 0 Å². The monoisotopic (exact) mass is 215 g/mol. The second kappa shape index (κ2) is 9.13. The summed E-state index contributed by atoms with van der Waals surface area (Å²) in [5.74, 6) is 0. The van der Waals surface area contributed by atoms with Crippen molar-refractivity contribution >= 4 is 0 Å². The average molecular weight is 215 g/mol. The first-order valence-electron chi connectivity index (χ1n) is 6.35. The van der Waals surface area contributed by atoms with Crippen LogP contribution in [0, 0.1) is 5.41 Å². The van der Waals surface area contributed by atoms with E-state index in [-0.39, 0.29) is 0 Å². The van der Waals surface area contributed by atoms with Gasteiger partial charge in [0.1, 0.15) is 0 Å². The van der Waals surface area contributed by atoms with Crippen molar-refractivity contribution in [2.75, 3.05) is 19.6 Å². The summed E-state index contributed by atoms with van der Waals surface area (Å²) in [6, 6.07) is 0. The van der Waals surface area contributed by atoms with E-state index in [0.717, 1.165) is 38.9 Å². The Labute approximate surface area is 94.8 Å². The summed E-state index contributed by atoms with van der Waals surface area (Å²) in [4.78, 5) is 0. The van der Waals surface area contributed by atoms with Crippen molar-refractivity contribution < 1.29 is 0 Å². The van der Waals surface area contributed by atoms with Crippen molar-refractivity contribution in [2.24, 2.45) is 22.6 Å². The van der Waals surface area contributed by atoms with E-state index < -0.39 is 0 Å². The van der Waals surface area contributed by atoms with Gasteiger partial charge in [-0.3, -0.25) is 0 Å². The Morgan fingerprint density at radius 2 is 1.07 bits per heavy atom. The first kappa shape index (κ1) is 14.9. The van der Waals surface area contributed by atoms with E-state index in [4.69, 9.17) is 17.2 Å². The van der Waals surface area contributed by atoms with Gasteiger partial charge in [-0.2, -0.15) is 0 Å². The van der Waals surface area contributed by atoms with Crippen LogP contribution in [0.2, 0.25) is 0 Å². The summed E-state index contributed by atoms with van der Waals surface area (Å²) in [7, 11) is 0. The van der Waals surface area contributed by atoms with E-state index in [2.05, 4.69) is 6.92 Å². The molecule has 0 atom stereocenters. The number of rotatable bonds is 10. The summed E-state index contributed by atoms with van der Waals surface area (Å²) in [5, 5.41) is 0. The van der Waals surface area contributed by atoms with Crippen molar-refractivity contribution in [1.29, 1.82) is 0 Å². The molecule has 0 aliphatic heterocycles. The number of hydrogen-bond acceptors (Lipinski definition) is 3. The zero-order valence-electron chi connectivity index (χ0n) is 10.3. The Morgan fingerprint density at radius 3 is 1.27 bits per heavy atom. The summed E-state index contributed by atoms with van der Waals surface area (Å²) in [6.07, 6.45) is 8.32. The molecule has 0 aromatic carbocycles. The summed E-state index contributed by atoms with van der Waals surface area (Å²) < 4.78 is 0. The van der Waals surface area contributed by atoms with Crippen LogP contribution in [0.1, 0.15) is 51.9 Å². The molecule has 15 heavy (non-hydrogen) atoms. The van der Waals surface area contributed by atoms with Crippen LogP contribution in [0.5, 0.6) is 0 Å². The Kier molecular flexibility index (Phi) is 9.06. The first-order valence-corrected chi connectivity index (χ1v) is 6.35. The highest BCUT2D eigenvalue weighted by Gasteiger charge is 2.25. The third kappa shape index (κ3) is 6.13. The fraction of sp³-hybridized carbons (Fsp3) is 1.00. The van der Waals surface area contributed by atoms with E-state index in [1.165, 1.54) is 25.7 Å². The Balaban J connectivity index is 4.16. The van der Waals surface area contributed by atoms with Crippen LogP contribution in [0.25, 0.3) is 0 Å². The zero-order chi connectivity index (χ0) is 11.6. The van der Waals surface area contributed by atoms with Crippen LogP contribution in [-0.2, 0) is 0 Å². The molecule has 0 fully saturated rings. The molecule has 0 spiro atoms. The van der Waals surface area contributed by atoms with Crippen molar-refractivity contribution in [3.8, 4) is 0 Å². The lowest BCUT2D eigenvalue weighted by molar-refractivity contribution is 0.196. The lowest BCUT2D eigenvalue weighted by Gasteiger charge is -2.33. The highest BCUT2D eigenvalue weighted by molar-refractivity contribution is 4.78. The Morgan fingerprint density at radius 1 is 0.733 bits per heavy atom. The van der Waals surface area contributed by atoms with Crippen molar-refractivity contribution in [3.05, 3.63) is 0 Å². The molecule has 0 saturated heterocycles. The van der Waals surface area contributed by atoms with Gasteiger partial charge < -0.3 is 17.2 Å². The van der Waals surface area contributed by atoms with Crippen LogP contribution in [0.4, 0.5) is 0 Å². The minimum Gasteiger partial charge on any atom is -0.330 e. The Bertz CT molecular complexity index is 115. The van der Waals surface area contributed by atoms with Crippen LogP contribution in [0.3, 0.4) is 0 Å². The highest BCUT2D eigenvalue weighted by Crippen LogP contribution is 2.37.